The smallest absolute Gasteiger partial charge is 0.255 e. The zero-order valence-electron chi connectivity index (χ0n) is 19.8. The highest BCUT2D eigenvalue weighted by Crippen LogP contribution is 2.41. The third-order valence-electron chi connectivity index (χ3n) is 6.30. The molecule has 8 nitrogen and oxygen atoms in total. The van der Waals surface area contributed by atoms with Gasteiger partial charge in [-0.3, -0.25) is 4.79 Å². The van der Waals surface area contributed by atoms with Crippen LogP contribution in [0.3, 0.4) is 0 Å². The number of nitrogens with zero attached hydrogens (tertiary/aromatic N) is 3. The van der Waals surface area contributed by atoms with Crippen molar-refractivity contribution in [2.75, 3.05) is 11.1 Å². The van der Waals surface area contributed by atoms with Crippen molar-refractivity contribution in [3.05, 3.63) is 102 Å². The Bertz CT molecular complexity index is 1650. The number of benzene rings is 3. The molecule has 184 valence electrons. The average Bonchev–Trinajstić information content (AvgIpc) is 3.43. The highest BCUT2D eigenvalue weighted by molar-refractivity contribution is 6.04. The van der Waals surface area contributed by atoms with Crippen LogP contribution in [0.25, 0.3) is 16.7 Å². The van der Waals surface area contributed by atoms with Crippen molar-refractivity contribution < 1.29 is 18.7 Å². The van der Waals surface area contributed by atoms with E-state index in [1.54, 1.807) is 30.3 Å². The first-order valence-corrected chi connectivity index (χ1v) is 11.7. The molecule has 9 heteroatoms. The fourth-order valence-corrected chi connectivity index (χ4v) is 4.61. The summed E-state index contributed by atoms with van der Waals surface area (Å²) in [5.41, 5.74) is 11.5. The highest BCUT2D eigenvalue weighted by Gasteiger charge is 2.30. The minimum Gasteiger partial charge on any atom is -0.457 e. The third-order valence-corrected chi connectivity index (χ3v) is 6.30. The van der Waals surface area contributed by atoms with Crippen molar-refractivity contribution in [3.63, 3.8) is 0 Å². The van der Waals surface area contributed by atoms with Crippen LogP contribution in [0.1, 0.15) is 34.6 Å². The first-order valence-electron chi connectivity index (χ1n) is 11.7. The van der Waals surface area contributed by atoms with Crippen LogP contribution in [-0.2, 0) is 11.3 Å². The number of carbonyl (C=O) groups excluding carboxylic acids is 1. The van der Waals surface area contributed by atoms with E-state index in [-0.39, 0.29) is 11.7 Å². The fraction of sp³-hybridized carbons (Fsp3) is 0.107. The van der Waals surface area contributed by atoms with Crippen LogP contribution in [0.15, 0.2) is 79.1 Å². The number of fused-ring (bicyclic) bond motifs is 3. The van der Waals surface area contributed by atoms with E-state index >= 15 is 0 Å². The monoisotopic (exact) mass is 495 g/mol. The van der Waals surface area contributed by atoms with E-state index in [9.17, 15) is 9.18 Å². The summed E-state index contributed by atoms with van der Waals surface area (Å²) in [6.07, 6.45) is 1.39. The third kappa shape index (κ3) is 4.15. The molecule has 3 aromatic carbocycles. The van der Waals surface area contributed by atoms with Crippen molar-refractivity contribution in [1.82, 2.24) is 14.5 Å². The molecular formula is C28H22FN5O3. The number of aromatic nitrogens is 3. The van der Waals surface area contributed by atoms with Gasteiger partial charge < -0.3 is 25.1 Å². The topological polar surface area (TPSA) is 104 Å². The molecule has 5 aromatic rings. The maximum Gasteiger partial charge on any atom is 0.255 e. The number of nitrogen functional groups attached to an aromatic ring is 1. The molecule has 0 aliphatic carbocycles. The maximum atomic E-state index is 13.4. The summed E-state index contributed by atoms with van der Waals surface area (Å²) in [5, 5.41) is 2.76. The Kier molecular flexibility index (Phi) is 5.54. The van der Waals surface area contributed by atoms with Gasteiger partial charge in [0.2, 0.25) is 0 Å². The lowest BCUT2D eigenvalue weighted by molar-refractivity contribution is 0.0783. The number of rotatable bonds is 5. The maximum absolute atomic E-state index is 13.4. The Morgan fingerprint density at radius 1 is 1.08 bits per heavy atom. The predicted molar refractivity (Wildman–Crippen MR) is 137 cm³/mol. The zero-order chi connectivity index (χ0) is 25.5. The molecule has 0 saturated carbocycles. The van der Waals surface area contributed by atoms with E-state index in [0.717, 1.165) is 28.0 Å². The molecule has 3 N–H and O–H groups in total. The van der Waals surface area contributed by atoms with Crippen LogP contribution in [-0.4, -0.2) is 20.4 Å². The Morgan fingerprint density at radius 3 is 2.70 bits per heavy atom. The van der Waals surface area contributed by atoms with Crippen LogP contribution in [0.5, 0.6) is 11.5 Å². The summed E-state index contributed by atoms with van der Waals surface area (Å²) in [6.45, 7) is 2.46. The van der Waals surface area contributed by atoms with E-state index in [4.69, 9.17) is 15.2 Å². The molecule has 1 atom stereocenters. The number of nitrogens with one attached hydrogen (secondary N) is 1. The van der Waals surface area contributed by atoms with E-state index in [1.165, 1.54) is 24.5 Å². The lowest BCUT2D eigenvalue weighted by atomic mass is 10.1. The minimum absolute atomic E-state index is 0.0793. The van der Waals surface area contributed by atoms with Crippen LogP contribution >= 0.6 is 0 Å². The van der Waals surface area contributed by atoms with Gasteiger partial charge in [0, 0.05) is 28.6 Å². The number of nitrogens with two attached hydrogens (primary N) is 1. The predicted octanol–water partition coefficient (Wildman–Crippen LogP) is 5.78. The Balaban J connectivity index is 1.25. The van der Waals surface area contributed by atoms with Crippen molar-refractivity contribution in [2.24, 2.45) is 0 Å². The standard InChI is InChI=1S/C28H22FN5O3/c1-16-24-23(14-36-16)34(26-25(24)31-15-32-27(26)30)20-8-10-21(11-9-20)37-22-7-3-6-19(13-22)33-28(35)17-4-2-5-18(29)12-17/h2-13,15-16H,14H2,1H3,(H,33,35)(H2,30,31,32). The van der Waals surface area contributed by atoms with Gasteiger partial charge in [0.15, 0.2) is 5.82 Å². The van der Waals surface area contributed by atoms with E-state index < -0.39 is 11.7 Å². The first kappa shape index (κ1) is 22.7. The van der Waals surface area contributed by atoms with Gasteiger partial charge in [-0.15, -0.1) is 0 Å². The molecule has 6 rings (SSSR count). The van der Waals surface area contributed by atoms with Gasteiger partial charge in [-0.2, -0.15) is 0 Å². The molecule has 0 saturated heterocycles. The average molecular weight is 496 g/mol. The molecule has 37 heavy (non-hydrogen) atoms. The Hall–Kier alpha value is -4.76. The molecule has 0 fully saturated rings. The van der Waals surface area contributed by atoms with Crippen molar-refractivity contribution in [1.29, 1.82) is 0 Å². The molecule has 3 heterocycles. The first-order chi connectivity index (χ1) is 18.0. The van der Waals surface area contributed by atoms with Crippen LogP contribution < -0.4 is 15.8 Å². The Morgan fingerprint density at radius 2 is 1.89 bits per heavy atom. The second-order valence-electron chi connectivity index (χ2n) is 8.69. The number of halogens is 1. The molecule has 0 radical (unpaired) electrons. The summed E-state index contributed by atoms with van der Waals surface area (Å²) in [7, 11) is 0. The molecule has 1 amide bonds. The summed E-state index contributed by atoms with van der Waals surface area (Å²) in [5.74, 6) is 0.678. The van der Waals surface area contributed by atoms with Crippen molar-refractivity contribution >= 4 is 28.4 Å². The number of anilines is 2. The number of amides is 1. The number of carbonyl (C=O) groups is 1. The number of ether oxygens (including phenoxy) is 2. The summed E-state index contributed by atoms with van der Waals surface area (Å²) in [6, 6.07) is 20.1. The zero-order valence-corrected chi connectivity index (χ0v) is 19.8. The number of hydrogen-bond acceptors (Lipinski definition) is 6. The van der Waals surface area contributed by atoms with Gasteiger partial charge >= 0.3 is 0 Å². The van der Waals surface area contributed by atoms with Gasteiger partial charge in [-0.25, -0.2) is 14.4 Å². The van der Waals surface area contributed by atoms with Gasteiger partial charge in [0.1, 0.15) is 34.7 Å². The SMILES string of the molecule is CC1OCc2c1c1ncnc(N)c1n2-c1ccc(Oc2cccc(NC(=O)c3cccc(F)c3)c2)cc1. The fourth-order valence-electron chi connectivity index (χ4n) is 4.61. The van der Waals surface area contributed by atoms with Crippen LogP contribution in [0.4, 0.5) is 15.9 Å². The molecule has 1 aliphatic heterocycles. The quantitative estimate of drug-likeness (QED) is 0.320. The van der Waals surface area contributed by atoms with E-state index in [0.29, 0.717) is 29.6 Å². The molecule has 0 bridgehead atoms. The highest BCUT2D eigenvalue weighted by atomic mass is 19.1. The van der Waals surface area contributed by atoms with Gasteiger partial charge in [-0.1, -0.05) is 12.1 Å². The van der Waals surface area contributed by atoms with Gasteiger partial charge in [-0.05, 0) is 61.5 Å². The molecule has 2 aromatic heterocycles. The van der Waals surface area contributed by atoms with E-state index in [2.05, 4.69) is 15.3 Å². The Labute approximate surface area is 211 Å². The summed E-state index contributed by atoms with van der Waals surface area (Å²) in [4.78, 5) is 21.1. The van der Waals surface area contributed by atoms with Crippen LogP contribution in [0.2, 0.25) is 0 Å². The summed E-state index contributed by atoms with van der Waals surface area (Å²) < 4.78 is 27.4. The molecule has 0 spiro atoms. The molecule has 1 aliphatic rings. The van der Waals surface area contributed by atoms with E-state index in [1.807, 2.05) is 35.8 Å². The lowest BCUT2D eigenvalue weighted by Gasteiger charge is -2.12. The lowest BCUT2D eigenvalue weighted by Crippen LogP contribution is -2.11. The second-order valence-corrected chi connectivity index (χ2v) is 8.69. The largest absolute Gasteiger partial charge is 0.457 e. The minimum atomic E-state index is -0.469. The molecular weight excluding hydrogens is 473 g/mol. The summed E-state index contributed by atoms with van der Waals surface area (Å²) >= 11 is 0. The second kappa shape index (κ2) is 9.03. The molecule has 1 unspecified atom stereocenters. The van der Waals surface area contributed by atoms with Crippen LogP contribution in [0, 0.1) is 5.82 Å². The van der Waals surface area contributed by atoms with Gasteiger partial charge in [0.25, 0.3) is 5.91 Å². The van der Waals surface area contributed by atoms with Gasteiger partial charge in [0.05, 0.1) is 18.4 Å². The van der Waals surface area contributed by atoms with Crippen molar-refractivity contribution in [2.45, 2.75) is 19.6 Å². The van der Waals surface area contributed by atoms with Crippen molar-refractivity contribution in [3.8, 4) is 17.2 Å². The normalized spacial score (nSPS) is 14.5. The number of hydrogen-bond donors (Lipinski definition) is 2.